The lowest BCUT2D eigenvalue weighted by Crippen LogP contribution is -2.32. The normalized spacial score (nSPS) is 15.6. The third-order valence-corrected chi connectivity index (χ3v) is 5.82. The number of nitrogens with zero attached hydrogens (tertiary/aromatic N) is 2. The van der Waals surface area contributed by atoms with E-state index in [-0.39, 0.29) is 0 Å². The fourth-order valence-corrected chi connectivity index (χ4v) is 4.30. The molecule has 1 aliphatic rings. The predicted octanol–water partition coefficient (Wildman–Crippen LogP) is 5.33. The molecular formula is C23H27N3OS. The van der Waals surface area contributed by atoms with Crippen LogP contribution in [-0.2, 0) is 13.0 Å². The third kappa shape index (κ3) is 4.97. The maximum absolute atomic E-state index is 5.59. The van der Waals surface area contributed by atoms with Crippen LogP contribution in [0.2, 0.25) is 0 Å². The third-order valence-electron chi connectivity index (χ3n) is 5.38. The van der Waals surface area contributed by atoms with Crippen molar-refractivity contribution in [1.82, 2.24) is 10.1 Å². The maximum atomic E-state index is 5.59. The average Bonchev–Trinajstić information content (AvgIpc) is 3.16. The zero-order chi connectivity index (χ0) is 19.2. The fraction of sp³-hybridized carbons (Fsp3) is 0.348. The molecule has 5 heteroatoms. The van der Waals surface area contributed by atoms with Gasteiger partial charge in [-0.2, -0.15) is 0 Å². The van der Waals surface area contributed by atoms with Gasteiger partial charge < -0.3 is 9.25 Å². The Bertz CT molecular complexity index is 872. The first-order chi connectivity index (χ1) is 13.8. The van der Waals surface area contributed by atoms with Crippen LogP contribution in [0, 0.1) is 0 Å². The maximum Gasteiger partial charge on any atom is 0.150 e. The Morgan fingerprint density at radius 2 is 1.89 bits per heavy atom. The van der Waals surface area contributed by atoms with Crippen LogP contribution in [0.1, 0.15) is 41.3 Å². The number of hydrogen-bond donors (Lipinski definition) is 1. The molecule has 0 atom stereocenters. The van der Waals surface area contributed by atoms with Gasteiger partial charge in [0.05, 0.1) is 12.2 Å². The topological polar surface area (TPSA) is 41.3 Å². The summed E-state index contributed by atoms with van der Waals surface area (Å²) < 4.78 is 8.93. The first-order valence-electron chi connectivity index (χ1n) is 9.90. The van der Waals surface area contributed by atoms with Gasteiger partial charge >= 0.3 is 0 Å². The van der Waals surface area contributed by atoms with E-state index in [1.807, 2.05) is 6.07 Å². The van der Waals surface area contributed by atoms with Gasteiger partial charge in [0.25, 0.3) is 0 Å². The lowest BCUT2D eigenvalue weighted by Gasteiger charge is -2.31. The lowest BCUT2D eigenvalue weighted by molar-refractivity contribution is 0.184. The molecule has 0 radical (unpaired) electrons. The molecule has 0 saturated carbocycles. The molecule has 1 fully saturated rings. The first kappa shape index (κ1) is 19.1. The number of piperidine rings is 1. The minimum atomic E-state index is 0.642. The SMILES string of the molecule is CSNc1cccc(C2CCN(Cc3cc(Cc4ccccc4)no3)CC2)c1. The highest BCUT2D eigenvalue weighted by Crippen LogP contribution is 2.30. The van der Waals surface area contributed by atoms with Gasteiger partial charge in [0.2, 0.25) is 0 Å². The van der Waals surface area contributed by atoms with E-state index >= 15 is 0 Å². The molecule has 0 unspecified atom stereocenters. The van der Waals surface area contributed by atoms with E-state index in [4.69, 9.17) is 4.52 Å². The molecule has 1 aromatic heterocycles. The van der Waals surface area contributed by atoms with Crippen LogP contribution in [0.3, 0.4) is 0 Å². The molecule has 0 bridgehead atoms. The van der Waals surface area contributed by atoms with Crippen molar-refractivity contribution < 1.29 is 4.52 Å². The van der Waals surface area contributed by atoms with Crippen LogP contribution in [0.4, 0.5) is 5.69 Å². The fourth-order valence-electron chi connectivity index (χ4n) is 3.94. The van der Waals surface area contributed by atoms with Crippen molar-refractivity contribution in [3.8, 4) is 0 Å². The number of hydrogen-bond acceptors (Lipinski definition) is 5. The van der Waals surface area contributed by atoms with Crippen LogP contribution < -0.4 is 4.72 Å². The van der Waals surface area contributed by atoms with Gasteiger partial charge in [0.1, 0.15) is 0 Å². The second-order valence-electron chi connectivity index (χ2n) is 7.43. The summed E-state index contributed by atoms with van der Waals surface area (Å²) in [5, 5.41) is 4.26. The van der Waals surface area contributed by atoms with Crippen molar-refractivity contribution in [3.05, 3.63) is 83.2 Å². The number of nitrogens with one attached hydrogen (secondary N) is 1. The standard InChI is InChI=1S/C23H27N3OS/c1-28-25-21-9-5-8-20(15-21)19-10-12-26(13-11-19)17-23-16-22(24-27-23)14-18-6-3-2-4-7-18/h2-9,15-16,19,25H,10-14,17H2,1H3. The summed E-state index contributed by atoms with van der Waals surface area (Å²) in [5.41, 5.74) is 4.92. The van der Waals surface area contributed by atoms with Crippen molar-refractivity contribution >= 4 is 17.6 Å². The van der Waals surface area contributed by atoms with E-state index in [1.54, 1.807) is 11.9 Å². The van der Waals surface area contributed by atoms with Gasteiger partial charge in [-0.1, -0.05) is 59.6 Å². The molecule has 0 spiro atoms. The van der Waals surface area contributed by atoms with Crippen LogP contribution in [-0.4, -0.2) is 29.4 Å². The van der Waals surface area contributed by atoms with Crippen LogP contribution >= 0.6 is 11.9 Å². The minimum absolute atomic E-state index is 0.642. The number of benzene rings is 2. The van der Waals surface area contributed by atoms with Crippen molar-refractivity contribution in [2.75, 3.05) is 24.1 Å². The number of likely N-dealkylation sites (tertiary alicyclic amines) is 1. The Hall–Kier alpha value is -2.24. The Kier molecular flexibility index (Phi) is 6.34. The smallest absolute Gasteiger partial charge is 0.150 e. The van der Waals surface area contributed by atoms with Gasteiger partial charge in [-0.15, -0.1) is 0 Å². The minimum Gasteiger partial charge on any atom is -0.360 e. The summed E-state index contributed by atoms with van der Waals surface area (Å²) in [5.74, 6) is 1.61. The number of aromatic nitrogens is 1. The summed E-state index contributed by atoms with van der Waals surface area (Å²) in [6, 6.07) is 21.4. The second-order valence-corrected chi connectivity index (χ2v) is 8.04. The average molecular weight is 394 g/mol. The monoisotopic (exact) mass is 393 g/mol. The van der Waals surface area contributed by atoms with Crippen molar-refractivity contribution in [1.29, 1.82) is 0 Å². The largest absolute Gasteiger partial charge is 0.360 e. The van der Waals surface area contributed by atoms with E-state index in [0.29, 0.717) is 5.92 Å². The van der Waals surface area contributed by atoms with E-state index < -0.39 is 0 Å². The molecule has 1 saturated heterocycles. The van der Waals surface area contributed by atoms with Crippen LogP contribution in [0.5, 0.6) is 0 Å². The molecule has 2 heterocycles. The molecule has 146 valence electrons. The molecule has 28 heavy (non-hydrogen) atoms. The highest BCUT2D eigenvalue weighted by Gasteiger charge is 2.22. The van der Waals surface area contributed by atoms with Gasteiger partial charge in [0.15, 0.2) is 5.76 Å². The quantitative estimate of drug-likeness (QED) is 0.549. The summed E-state index contributed by atoms with van der Waals surface area (Å²) in [6.07, 6.45) is 5.26. The van der Waals surface area contributed by atoms with E-state index in [1.165, 1.54) is 29.7 Å². The van der Waals surface area contributed by atoms with Crippen molar-refractivity contribution in [2.24, 2.45) is 0 Å². The highest BCUT2D eigenvalue weighted by molar-refractivity contribution is 7.99. The predicted molar refractivity (Wildman–Crippen MR) is 117 cm³/mol. The Morgan fingerprint density at radius 1 is 1.07 bits per heavy atom. The van der Waals surface area contributed by atoms with Crippen LogP contribution in [0.15, 0.2) is 65.2 Å². The van der Waals surface area contributed by atoms with Crippen LogP contribution in [0.25, 0.3) is 0 Å². The second kappa shape index (κ2) is 9.30. The molecule has 4 nitrogen and oxygen atoms in total. The highest BCUT2D eigenvalue weighted by atomic mass is 32.2. The van der Waals surface area contributed by atoms with E-state index in [2.05, 4.69) is 75.6 Å². The summed E-state index contributed by atoms with van der Waals surface area (Å²) >= 11 is 1.64. The first-order valence-corrected chi connectivity index (χ1v) is 11.1. The van der Waals surface area contributed by atoms with Gasteiger partial charge in [-0.25, -0.2) is 0 Å². The molecule has 2 aromatic carbocycles. The molecule has 4 rings (SSSR count). The summed E-state index contributed by atoms with van der Waals surface area (Å²) in [4.78, 5) is 2.48. The summed E-state index contributed by atoms with van der Waals surface area (Å²) in [7, 11) is 0. The summed E-state index contributed by atoms with van der Waals surface area (Å²) in [6.45, 7) is 3.04. The molecule has 0 amide bonds. The molecule has 0 aliphatic carbocycles. The Labute approximate surface area is 171 Å². The van der Waals surface area contributed by atoms with Gasteiger partial charge in [-0.3, -0.25) is 4.90 Å². The lowest BCUT2D eigenvalue weighted by atomic mass is 9.89. The van der Waals surface area contributed by atoms with Gasteiger partial charge in [0, 0.05) is 24.4 Å². The molecule has 1 aliphatic heterocycles. The zero-order valence-electron chi connectivity index (χ0n) is 16.3. The number of rotatable bonds is 7. The van der Waals surface area contributed by atoms with E-state index in [9.17, 15) is 0 Å². The molecule has 3 aromatic rings. The number of anilines is 1. The van der Waals surface area contributed by atoms with E-state index in [0.717, 1.165) is 37.5 Å². The zero-order valence-corrected chi connectivity index (χ0v) is 17.1. The Balaban J connectivity index is 1.29. The van der Waals surface area contributed by atoms with Crippen molar-refractivity contribution in [2.45, 2.75) is 31.7 Å². The van der Waals surface area contributed by atoms with Gasteiger partial charge in [-0.05, 0) is 55.1 Å². The molecule has 1 N–H and O–H groups in total. The molecular weight excluding hydrogens is 366 g/mol. The van der Waals surface area contributed by atoms with Crippen molar-refractivity contribution in [3.63, 3.8) is 0 Å². The Morgan fingerprint density at radius 3 is 2.68 bits per heavy atom.